The Labute approximate surface area is 109 Å². The largest absolute Gasteiger partial charge is 0.379 e. The summed E-state index contributed by atoms with van der Waals surface area (Å²) in [5.41, 5.74) is 5.65. The van der Waals surface area contributed by atoms with Crippen molar-refractivity contribution in [2.24, 2.45) is 5.73 Å². The van der Waals surface area contributed by atoms with Crippen LogP contribution in [0, 0.1) is 11.6 Å². The van der Waals surface area contributed by atoms with Gasteiger partial charge in [0.15, 0.2) is 0 Å². The molecule has 0 bridgehead atoms. The molecule has 5 heteroatoms. The molecule has 3 nitrogen and oxygen atoms in total. The fraction of sp³-hybridized carbons (Fsp3) is 0.0714. The van der Waals surface area contributed by atoms with Crippen LogP contribution in [0.3, 0.4) is 0 Å². The van der Waals surface area contributed by atoms with Gasteiger partial charge in [0.05, 0.1) is 11.3 Å². The van der Waals surface area contributed by atoms with Gasteiger partial charge >= 0.3 is 0 Å². The fourth-order valence-electron chi connectivity index (χ4n) is 1.67. The number of hydrogen-bond acceptors (Lipinski definition) is 2. The van der Waals surface area contributed by atoms with Crippen molar-refractivity contribution in [3.05, 3.63) is 65.2 Å². The number of halogens is 2. The molecule has 0 fully saturated rings. The molecule has 0 heterocycles. The summed E-state index contributed by atoms with van der Waals surface area (Å²) in [5.74, 6) is -2.66. The average molecular weight is 262 g/mol. The van der Waals surface area contributed by atoms with Crippen LogP contribution in [0.5, 0.6) is 0 Å². The molecule has 0 unspecified atom stereocenters. The molecular formula is C14H12F2N2O. The summed E-state index contributed by atoms with van der Waals surface area (Å²) < 4.78 is 26.8. The number of primary amides is 1. The standard InChI is InChI=1S/C14H12F2N2O/c15-11-7-12(16)13(6-10(11)14(17)19)18-8-9-4-2-1-3-5-9/h1-7,18H,8H2,(H2,17,19). The predicted octanol–water partition coefficient (Wildman–Crippen LogP) is 2.68. The maximum Gasteiger partial charge on any atom is 0.251 e. The Kier molecular flexibility index (Phi) is 3.75. The maximum atomic E-state index is 13.5. The second kappa shape index (κ2) is 5.48. The van der Waals surface area contributed by atoms with E-state index in [9.17, 15) is 13.6 Å². The summed E-state index contributed by atoms with van der Waals surface area (Å²) >= 11 is 0. The highest BCUT2D eigenvalue weighted by molar-refractivity contribution is 5.94. The van der Waals surface area contributed by atoms with Gasteiger partial charge in [0.25, 0.3) is 5.91 Å². The second-order valence-electron chi connectivity index (χ2n) is 4.02. The van der Waals surface area contributed by atoms with Crippen molar-refractivity contribution in [1.82, 2.24) is 0 Å². The molecule has 2 aromatic carbocycles. The van der Waals surface area contributed by atoms with Crippen LogP contribution in [0.2, 0.25) is 0 Å². The monoisotopic (exact) mass is 262 g/mol. The zero-order valence-electron chi connectivity index (χ0n) is 9.99. The van der Waals surface area contributed by atoms with Gasteiger partial charge < -0.3 is 11.1 Å². The first-order chi connectivity index (χ1) is 9.08. The van der Waals surface area contributed by atoms with Gasteiger partial charge in [0.1, 0.15) is 11.6 Å². The molecular weight excluding hydrogens is 250 g/mol. The number of rotatable bonds is 4. The van der Waals surface area contributed by atoms with E-state index in [1.165, 1.54) is 0 Å². The molecule has 19 heavy (non-hydrogen) atoms. The van der Waals surface area contributed by atoms with Crippen LogP contribution in [-0.4, -0.2) is 5.91 Å². The van der Waals surface area contributed by atoms with E-state index in [1.54, 1.807) is 0 Å². The number of anilines is 1. The van der Waals surface area contributed by atoms with E-state index in [0.29, 0.717) is 12.6 Å². The minimum Gasteiger partial charge on any atom is -0.379 e. The van der Waals surface area contributed by atoms with Gasteiger partial charge in [-0.25, -0.2) is 8.78 Å². The van der Waals surface area contributed by atoms with Crippen LogP contribution in [0.1, 0.15) is 15.9 Å². The third-order valence-electron chi connectivity index (χ3n) is 2.65. The van der Waals surface area contributed by atoms with Crippen molar-refractivity contribution in [2.45, 2.75) is 6.54 Å². The zero-order chi connectivity index (χ0) is 13.8. The van der Waals surface area contributed by atoms with E-state index in [-0.39, 0.29) is 11.3 Å². The summed E-state index contributed by atoms with van der Waals surface area (Å²) in [6.45, 7) is 0.363. The molecule has 2 aromatic rings. The number of nitrogens with one attached hydrogen (secondary N) is 1. The van der Waals surface area contributed by atoms with Gasteiger partial charge in [-0.1, -0.05) is 30.3 Å². The Hall–Kier alpha value is -2.43. The molecule has 0 aliphatic heterocycles. The minimum absolute atomic E-state index is 0.0408. The van der Waals surface area contributed by atoms with Crippen molar-refractivity contribution in [1.29, 1.82) is 0 Å². The lowest BCUT2D eigenvalue weighted by molar-refractivity contribution is 0.0996. The van der Waals surface area contributed by atoms with Gasteiger partial charge in [0, 0.05) is 12.6 Å². The molecule has 1 amide bonds. The van der Waals surface area contributed by atoms with Gasteiger partial charge in [-0.15, -0.1) is 0 Å². The van der Waals surface area contributed by atoms with Crippen LogP contribution in [0.25, 0.3) is 0 Å². The topological polar surface area (TPSA) is 55.1 Å². The van der Waals surface area contributed by atoms with Crippen molar-refractivity contribution in [3.63, 3.8) is 0 Å². The Morgan fingerprint density at radius 3 is 2.42 bits per heavy atom. The van der Waals surface area contributed by atoms with Crippen molar-refractivity contribution in [2.75, 3.05) is 5.32 Å². The van der Waals surface area contributed by atoms with E-state index < -0.39 is 17.5 Å². The van der Waals surface area contributed by atoms with E-state index in [2.05, 4.69) is 5.32 Å². The first kappa shape index (κ1) is 13.0. The lowest BCUT2D eigenvalue weighted by atomic mass is 10.1. The molecule has 0 saturated carbocycles. The summed E-state index contributed by atoms with van der Waals surface area (Å²) in [7, 11) is 0. The number of hydrogen-bond donors (Lipinski definition) is 2. The summed E-state index contributed by atoms with van der Waals surface area (Å²) in [4.78, 5) is 11.0. The molecule has 0 saturated heterocycles. The summed E-state index contributed by atoms with van der Waals surface area (Å²) in [5, 5.41) is 2.80. The van der Waals surface area contributed by atoms with Crippen LogP contribution in [0.15, 0.2) is 42.5 Å². The number of carbonyl (C=O) groups is 1. The molecule has 0 aliphatic carbocycles. The first-order valence-electron chi connectivity index (χ1n) is 5.64. The molecule has 0 atom stereocenters. The fourth-order valence-corrected chi connectivity index (χ4v) is 1.67. The van der Waals surface area contributed by atoms with Crippen molar-refractivity contribution >= 4 is 11.6 Å². The van der Waals surface area contributed by atoms with Gasteiger partial charge in [0.2, 0.25) is 0 Å². The smallest absolute Gasteiger partial charge is 0.251 e. The highest BCUT2D eigenvalue weighted by Gasteiger charge is 2.13. The number of nitrogens with two attached hydrogens (primary N) is 1. The van der Waals surface area contributed by atoms with Crippen LogP contribution in [-0.2, 0) is 6.54 Å². The van der Waals surface area contributed by atoms with E-state index in [1.807, 2.05) is 30.3 Å². The summed E-state index contributed by atoms with van der Waals surface area (Å²) in [6, 6.07) is 11.0. The van der Waals surface area contributed by atoms with Crippen LogP contribution in [0.4, 0.5) is 14.5 Å². The predicted molar refractivity (Wildman–Crippen MR) is 68.6 cm³/mol. The molecule has 98 valence electrons. The SMILES string of the molecule is NC(=O)c1cc(NCc2ccccc2)c(F)cc1F. The quantitative estimate of drug-likeness (QED) is 0.890. The Morgan fingerprint density at radius 2 is 1.79 bits per heavy atom. The number of benzene rings is 2. The van der Waals surface area contributed by atoms with Crippen LogP contribution >= 0.6 is 0 Å². The van der Waals surface area contributed by atoms with Crippen molar-refractivity contribution < 1.29 is 13.6 Å². The van der Waals surface area contributed by atoms with Gasteiger partial charge in [-0.05, 0) is 11.6 Å². The van der Waals surface area contributed by atoms with E-state index >= 15 is 0 Å². The maximum absolute atomic E-state index is 13.5. The molecule has 0 spiro atoms. The molecule has 2 rings (SSSR count). The van der Waals surface area contributed by atoms with Crippen molar-refractivity contribution in [3.8, 4) is 0 Å². The van der Waals surface area contributed by atoms with Crippen LogP contribution < -0.4 is 11.1 Å². The number of amides is 1. The third-order valence-corrected chi connectivity index (χ3v) is 2.65. The Balaban J connectivity index is 2.21. The zero-order valence-corrected chi connectivity index (χ0v) is 9.99. The molecule has 0 radical (unpaired) electrons. The van der Waals surface area contributed by atoms with E-state index in [0.717, 1.165) is 11.6 Å². The second-order valence-corrected chi connectivity index (χ2v) is 4.02. The first-order valence-corrected chi connectivity index (χ1v) is 5.64. The van der Waals surface area contributed by atoms with Gasteiger partial charge in [-0.2, -0.15) is 0 Å². The Morgan fingerprint density at radius 1 is 1.11 bits per heavy atom. The third kappa shape index (κ3) is 3.07. The Bertz CT molecular complexity index is 600. The van der Waals surface area contributed by atoms with Gasteiger partial charge in [-0.3, -0.25) is 4.79 Å². The molecule has 3 N–H and O–H groups in total. The molecule has 0 aromatic heterocycles. The molecule has 0 aliphatic rings. The highest BCUT2D eigenvalue weighted by Crippen LogP contribution is 2.20. The minimum atomic E-state index is -0.963. The highest BCUT2D eigenvalue weighted by atomic mass is 19.1. The van der Waals surface area contributed by atoms with E-state index in [4.69, 9.17) is 5.73 Å². The lowest BCUT2D eigenvalue weighted by Crippen LogP contribution is -2.14. The summed E-state index contributed by atoms with van der Waals surface area (Å²) in [6.07, 6.45) is 0. The average Bonchev–Trinajstić information content (AvgIpc) is 2.38. The normalized spacial score (nSPS) is 10.2. The lowest BCUT2D eigenvalue weighted by Gasteiger charge is -2.09. The number of carbonyl (C=O) groups excluding carboxylic acids is 1.